The third-order valence-corrected chi connectivity index (χ3v) is 1.65. The van der Waals surface area contributed by atoms with Crippen molar-refractivity contribution in [1.82, 2.24) is 5.32 Å². The maximum absolute atomic E-state index is 11.1. The molecule has 0 aromatic heterocycles. The Morgan fingerprint density at radius 2 is 1.57 bits per heavy atom. The fourth-order valence-corrected chi connectivity index (χ4v) is 1.74. The van der Waals surface area contributed by atoms with E-state index in [2.05, 4.69) is 26.1 Å². The van der Waals surface area contributed by atoms with Gasteiger partial charge in [-0.15, -0.1) is 0 Å². The standard InChI is InChI=1S/C10H20N2O2/c1-9(2,3)6-10(4,5)12-8(14)7(11)13/h6H2,1-5H3,(H2,11,13)(H,12,14). The van der Waals surface area contributed by atoms with Crippen LogP contribution in [-0.2, 0) is 9.59 Å². The molecular formula is C10H20N2O2. The second-order valence-corrected chi connectivity index (χ2v) is 5.44. The number of rotatable bonds is 2. The summed E-state index contributed by atoms with van der Waals surface area (Å²) < 4.78 is 0. The Kier molecular flexibility index (Phi) is 3.68. The third-order valence-electron chi connectivity index (χ3n) is 1.65. The first-order valence-corrected chi connectivity index (χ1v) is 4.65. The van der Waals surface area contributed by atoms with Gasteiger partial charge in [-0.3, -0.25) is 9.59 Å². The summed E-state index contributed by atoms with van der Waals surface area (Å²) in [4.78, 5) is 21.6. The first kappa shape index (κ1) is 12.9. The Bertz CT molecular complexity index is 239. The van der Waals surface area contributed by atoms with E-state index in [4.69, 9.17) is 5.73 Å². The molecule has 0 unspecified atom stereocenters. The Balaban J connectivity index is 4.35. The second kappa shape index (κ2) is 3.98. The number of hydrogen-bond acceptors (Lipinski definition) is 2. The average Bonchev–Trinajstić information content (AvgIpc) is 1.78. The molecule has 0 fully saturated rings. The molecule has 0 aliphatic heterocycles. The highest BCUT2D eigenvalue weighted by atomic mass is 16.2. The normalized spacial score (nSPS) is 12.4. The highest BCUT2D eigenvalue weighted by Crippen LogP contribution is 2.26. The van der Waals surface area contributed by atoms with E-state index in [0.717, 1.165) is 6.42 Å². The Hall–Kier alpha value is -1.06. The maximum Gasteiger partial charge on any atom is 0.309 e. The van der Waals surface area contributed by atoms with E-state index < -0.39 is 17.4 Å². The van der Waals surface area contributed by atoms with E-state index in [1.165, 1.54) is 0 Å². The van der Waals surface area contributed by atoms with Gasteiger partial charge in [0.25, 0.3) is 0 Å². The zero-order valence-corrected chi connectivity index (χ0v) is 9.60. The first-order chi connectivity index (χ1) is 6.03. The molecule has 0 aliphatic rings. The summed E-state index contributed by atoms with van der Waals surface area (Å²) >= 11 is 0. The summed E-state index contributed by atoms with van der Waals surface area (Å²) in [5.41, 5.74) is 4.54. The molecule has 4 heteroatoms. The molecule has 0 bridgehead atoms. The zero-order chi connectivity index (χ0) is 11.6. The van der Waals surface area contributed by atoms with Crippen molar-refractivity contribution in [3.8, 4) is 0 Å². The smallest absolute Gasteiger partial charge is 0.309 e. The maximum atomic E-state index is 11.1. The van der Waals surface area contributed by atoms with Gasteiger partial charge in [-0.1, -0.05) is 20.8 Å². The summed E-state index contributed by atoms with van der Waals surface area (Å²) in [7, 11) is 0. The van der Waals surface area contributed by atoms with Crippen LogP contribution in [0.15, 0.2) is 0 Å². The molecule has 0 saturated carbocycles. The van der Waals surface area contributed by atoms with Crippen molar-refractivity contribution in [3.05, 3.63) is 0 Å². The van der Waals surface area contributed by atoms with Crippen molar-refractivity contribution in [2.75, 3.05) is 0 Å². The van der Waals surface area contributed by atoms with Gasteiger partial charge in [-0.05, 0) is 25.7 Å². The molecule has 2 amide bonds. The van der Waals surface area contributed by atoms with Gasteiger partial charge >= 0.3 is 11.8 Å². The lowest BCUT2D eigenvalue weighted by Crippen LogP contribution is -2.50. The van der Waals surface area contributed by atoms with Crippen LogP contribution in [0.2, 0.25) is 0 Å². The monoisotopic (exact) mass is 200 g/mol. The summed E-state index contributed by atoms with van der Waals surface area (Å²) in [6.07, 6.45) is 0.777. The molecule has 0 spiro atoms. The lowest BCUT2D eigenvalue weighted by molar-refractivity contribution is -0.138. The van der Waals surface area contributed by atoms with Gasteiger partial charge in [-0.25, -0.2) is 0 Å². The number of nitrogens with one attached hydrogen (secondary N) is 1. The number of amides is 2. The van der Waals surface area contributed by atoms with Crippen molar-refractivity contribution < 1.29 is 9.59 Å². The van der Waals surface area contributed by atoms with Crippen LogP contribution < -0.4 is 11.1 Å². The van der Waals surface area contributed by atoms with Crippen molar-refractivity contribution in [3.63, 3.8) is 0 Å². The van der Waals surface area contributed by atoms with Gasteiger partial charge in [0, 0.05) is 5.54 Å². The van der Waals surface area contributed by atoms with Crippen LogP contribution in [0, 0.1) is 5.41 Å². The summed E-state index contributed by atoms with van der Waals surface area (Å²) in [5.74, 6) is -1.66. The number of hydrogen-bond donors (Lipinski definition) is 2. The minimum Gasteiger partial charge on any atom is -0.361 e. The molecule has 0 rings (SSSR count). The van der Waals surface area contributed by atoms with Crippen LogP contribution in [0.5, 0.6) is 0 Å². The molecule has 0 radical (unpaired) electrons. The third kappa shape index (κ3) is 5.56. The highest BCUT2D eigenvalue weighted by Gasteiger charge is 2.28. The van der Waals surface area contributed by atoms with Crippen molar-refractivity contribution in [2.24, 2.45) is 11.1 Å². The van der Waals surface area contributed by atoms with Crippen molar-refractivity contribution >= 4 is 11.8 Å². The van der Waals surface area contributed by atoms with E-state index in [9.17, 15) is 9.59 Å². The SMILES string of the molecule is CC(C)(C)CC(C)(C)NC(=O)C(N)=O. The lowest BCUT2D eigenvalue weighted by atomic mass is 9.82. The van der Waals surface area contributed by atoms with Gasteiger partial charge in [0.2, 0.25) is 0 Å². The Morgan fingerprint density at radius 3 is 1.86 bits per heavy atom. The van der Waals surface area contributed by atoms with Crippen molar-refractivity contribution in [1.29, 1.82) is 0 Å². The predicted octanol–water partition coefficient (Wildman–Crippen LogP) is 0.803. The molecule has 82 valence electrons. The predicted molar refractivity (Wildman–Crippen MR) is 55.5 cm³/mol. The Morgan fingerprint density at radius 1 is 1.14 bits per heavy atom. The van der Waals surface area contributed by atoms with Crippen molar-refractivity contribution in [2.45, 2.75) is 46.6 Å². The first-order valence-electron chi connectivity index (χ1n) is 4.65. The fraction of sp³-hybridized carbons (Fsp3) is 0.800. The minimum absolute atomic E-state index is 0.0917. The van der Waals surface area contributed by atoms with Crippen LogP contribution in [0.25, 0.3) is 0 Å². The van der Waals surface area contributed by atoms with Crippen LogP contribution in [0.3, 0.4) is 0 Å². The average molecular weight is 200 g/mol. The molecule has 0 atom stereocenters. The van der Waals surface area contributed by atoms with Gasteiger partial charge in [0.15, 0.2) is 0 Å². The topological polar surface area (TPSA) is 72.2 Å². The fourth-order valence-electron chi connectivity index (χ4n) is 1.74. The number of nitrogens with two attached hydrogens (primary N) is 1. The molecule has 3 N–H and O–H groups in total. The molecule has 14 heavy (non-hydrogen) atoms. The van der Waals surface area contributed by atoms with E-state index >= 15 is 0 Å². The van der Waals surface area contributed by atoms with E-state index in [-0.39, 0.29) is 5.41 Å². The number of carbonyl (C=O) groups is 2. The van der Waals surface area contributed by atoms with E-state index in [1.54, 1.807) is 0 Å². The van der Waals surface area contributed by atoms with Crippen LogP contribution in [0.4, 0.5) is 0 Å². The van der Waals surface area contributed by atoms with Crippen LogP contribution in [0.1, 0.15) is 41.0 Å². The molecular weight excluding hydrogens is 180 g/mol. The minimum atomic E-state index is -0.938. The molecule has 4 nitrogen and oxygen atoms in total. The summed E-state index contributed by atoms with van der Waals surface area (Å²) in [5, 5.41) is 2.60. The summed E-state index contributed by atoms with van der Waals surface area (Å²) in [6, 6.07) is 0. The van der Waals surface area contributed by atoms with Gasteiger partial charge < -0.3 is 11.1 Å². The largest absolute Gasteiger partial charge is 0.361 e. The van der Waals surface area contributed by atoms with E-state index in [0.29, 0.717) is 0 Å². The molecule has 0 aromatic carbocycles. The second-order valence-electron chi connectivity index (χ2n) is 5.44. The summed E-state index contributed by atoms with van der Waals surface area (Å²) in [6.45, 7) is 9.97. The quantitative estimate of drug-likeness (QED) is 0.647. The number of carbonyl (C=O) groups excluding carboxylic acids is 2. The van der Waals surface area contributed by atoms with Crippen LogP contribution >= 0.6 is 0 Å². The van der Waals surface area contributed by atoms with Gasteiger partial charge in [0.05, 0.1) is 0 Å². The van der Waals surface area contributed by atoms with Gasteiger partial charge in [-0.2, -0.15) is 0 Å². The molecule has 0 aliphatic carbocycles. The molecule has 0 aromatic rings. The lowest BCUT2D eigenvalue weighted by Gasteiger charge is -2.32. The number of primary amides is 1. The van der Waals surface area contributed by atoms with Gasteiger partial charge in [0.1, 0.15) is 0 Å². The van der Waals surface area contributed by atoms with E-state index in [1.807, 2.05) is 13.8 Å². The Labute approximate surface area is 85.2 Å². The molecule has 0 heterocycles. The zero-order valence-electron chi connectivity index (χ0n) is 9.60. The van der Waals surface area contributed by atoms with Crippen LogP contribution in [-0.4, -0.2) is 17.4 Å². The molecule has 0 saturated heterocycles. The highest BCUT2D eigenvalue weighted by molar-refractivity contribution is 6.34.